The minimum Gasteiger partial charge on any atom is -0.464 e. The molecular weight excluding hydrogens is 316 g/mol. The van der Waals surface area contributed by atoms with Crippen molar-refractivity contribution in [3.8, 4) is 0 Å². The average Bonchev–Trinajstić information content (AvgIpc) is 2.93. The lowest BCUT2D eigenvalue weighted by atomic mass is 10.3. The second kappa shape index (κ2) is 8.11. The molecule has 0 radical (unpaired) electrons. The molecule has 7 nitrogen and oxygen atoms in total. The zero-order valence-electron chi connectivity index (χ0n) is 11.8. The monoisotopic (exact) mass is 334 g/mol. The van der Waals surface area contributed by atoms with Crippen LogP contribution in [0.3, 0.4) is 0 Å². The third-order valence-electron chi connectivity index (χ3n) is 2.42. The van der Waals surface area contributed by atoms with E-state index < -0.39 is 27.9 Å². The molecule has 0 aliphatic carbocycles. The van der Waals surface area contributed by atoms with Gasteiger partial charge in [0.05, 0.1) is 6.61 Å². The minimum absolute atomic E-state index is 0.0401. The van der Waals surface area contributed by atoms with Crippen LogP contribution in [0.1, 0.15) is 20.3 Å². The van der Waals surface area contributed by atoms with E-state index in [0.717, 1.165) is 11.3 Å². The molecule has 0 saturated heterocycles. The van der Waals surface area contributed by atoms with Crippen molar-refractivity contribution in [3.05, 3.63) is 17.5 Å². The number of nitrogens with one attached hydrogen (secondary N) is 2. The van der Waals surface area contributed by atoms with E-state index in [-0.39, 0.29) is 23.8 Å². The Morgan fingerprint density at radius 2 is 2.14 bits per heavy atom. The van der Waals surface area contributed by atoms with Crippen LogP contribution < -0.4 is 10.0 Å². The first-order valence-corrected chi connectivity index (χ1v) is 8.72. The molecule has 1 rings (SSSR count). The highest BCUT2D eigenvalue weighted by atomic mass is 32.2. The quantitative estimate of drug-likeness (QED) is 0.674. The second-order valence-electron chi connectivity index (χ2n) is 4.12. The van der Waals surface area contributed by atoms with Gasteiger partial charge in [-0.3, -0.25) is 4.79 Å². The van der Waals surface area contributed by atoms with Crippen molar-refractivity contribution < 1.29 is 22.7 Å². The summed E-state index contributed by atoms with van der Waals surface area (Å²) in [7, 11) is -3.57. The molecule has 0 fully saturated rings. The molecule has 0 spiro atoms. The number of thiophene rings is 1. The van der Waals surface area contributed by atoms with Crippen LogP contribution in [0.5, 0.6) is 0 Å². The van der Waals surface area contributed by atoms with Gasteiger partial charge in [0.25, 0.3) is 0 Å². The smallest absolute Gasteiger partial charge is 0.328 e. The molecule has 21 heavy (non-hydrogen) atoms. The van der Waals surface area contributed by atoms with Gasteiger partial charge in [-0.15, -0.1) is 11.3 Å². The SMILES string of the molecule is CCOC(=O)C(C)NC(=O)CCNS(=O)(=O)c1cccs1. The zero-order valence-corrected chi connectivity index (χ0v) is 13.4. The number of carbonyl (C=O) groups is 2. The van der Waals surface area contributed by atoms with Crippen LogP contribution in [-0.4, -0.2) is 39.5 Å². The Kier molecular flexibility index (Phi) is 6.79. The lowest BCUT2D eigenvalue weighted by Gasteiger charge is -2.12. The predicted molar refractivity (Wildman–Crippen MR) is 78.4 cm³/mol. The first kappa shape index (κ1) is 17.6. The van der Waals surface area contributed by atoms with Crippen LogP contribution in [0.15, 0.2) is 21.7 Å². The predicted octanol–water partition coefficient (Wildman–Crippen LogP) is 0.484. The van der Waals surface area contributed by atoms with Gasteiger partial charge in [0.15, 0.2) is 0 Å². The molecule has 1 aromatic rings. The first-order chi connectivity index (χ1) is 9.86. The largest absolute Gasteiger partial charge is 0.464 e. The van der Waals surface area contributed by atoms with Gasteiger partial charge in [-0.05, 0) is 25.3 Å². The molecule has 2 N–H and O–H groups in total. The van der Waals surface area contributed by atoms with E-state index in [1.165, 1.54) is 13.0 Å². The summed E-state index contributed by atoms with van der Waals surface area (Å²) in [5.74, 6) is -0.950. The molecule has 0 aliphatic rings. The number of amides is 1. The topological polar surface area (TPSA) is 102 Å². The van der Waals surface area contributed by atoms with Crippen molar-refractivity contribution in [1.29, 1.82) is 0 Å². The van der Waals surface area contributed by atoms with Crippen molar-refractivity contribution in [1.82, 2.24) is 10.0 Å². The fraction of sp³-hybridized carbons (Fsp3) is 0.500. The molecule has 1 atom stereocenters. The molecule has 0 aliphatic heterocycles. The van der Waals surface area contributed by atoms with Crippen molar-refractivity contribution in [3.63, 3.8) is 0 Å². The Labute approximate surface area is 127 Å². The molecule has 1 amide bonds. The highest BCUT2D eigenvalue weighted by molar-refractivity contribution is 7.91. The summed E-state index contributed by atoms with van der Waals surface area (Å²) in [6.07, 6.45) is -0.0612. The number of sulfonamides is 1. The van der Waals surface area contributed by atoms with Crippen LogP contribution >= 0.6 is 11.3 Å². The highest BCUT2D eigenvalue weighted by Crippen LogP contribution is 2.14. The van der Waals surface area contributed by atoms with Crippen LogP contribution in [0, 0.1) is 0 Å². The van der Waals surface area contributed by atoms with E-state index in [1.807, 2.05) is 0 Å². The van der Waals surface area contributed by atoms with Crippen LogP contribution in [0.2, 0.25) is 0 Å². The van der Waals surface area contributed by atoms with E-state index in [2.05, 4.69) is 10.0 Å². The van der Waals surface area contributed by atoms with Crippen LogP contribution in [0.25, 0.3) is 0 Å². The van der Waals surface area contributed by atoms with E-state index in [1.54, 1.807) is 18.4 Å². The summed E-state index contributed by atoms with van der Waals surface area (Å²) in [6, 6.07) is 2.36. The van der Waals surface area contributed by atoms with E-state index in [4.69, 9.17) is 4.74 Å². The van der Waals surface area contributed by atoms with Gasteiger partial charge in [0.1, 0.15) is 10.3 Å². The number of ether oxygens (including phenoxy) is 1. The average molecular weight is 334 g/mol. The van der Waals surface area contributed by atoms with Crippen molar-refractivity contribution in [2.75, 3.05) is 13.2 Å². The Morgan fingerprint density at radius 3 is 2.71 bits per heavy atom. The van der Waals surface area contributed by atoms with Crippen LogP contribution in [0.4, 0.5) is 0 Å². The number of carbonyl (C=O) groups excluding carboxylic acids is 2. The molecule has 118 valence electrons. The summed E-state index contributed by atoms with van der Waals surface area (Å²) in [6.45, 7) is 3.37. The van der Waals surface area contributed by atoms with Crippen molar-refractivity contribution >= 4 is 33.2 Å². The normalized spacial score (nSPS) is 12.7. The molecule has 9 heteroatoms. The van der Waals surface area contributed by atoms with Gasteiger partial charge in [-0.25, -0.2) is 17.9 Å². The molecule has 0 bridgehead atoms. The fourth-order valence-electron chi connectivity index (χ4n) is 1.43. The van der Waals surface area contributed by atoms with E-state index in [9.17, 15) is 18.0 Å². The fourth-order valence-corrected chi connectivity index (χ4v) is 3.50. The second-order valence-corrected chi connectivity index (χ2v) is 7.06. The van der Waals surface area contributed by atoms with Gasteiger partial charge < -0.3 is 10.1 Å². The molecule has 0 aromatic carbocycles. The Balaban J connectivity index is 2.36. The van der Waals surface area contributed by atoms with Gasteiger partial charge in [0, 0.05) is 13.0 Å². The summed E-state index contributed by atoms with van der Waals surface area (Å²) >= 11 is 1.10. The van der Waals surface area contributed by atoms with Gasteiger partial charge in [-0.2, -0.15) is 0 Å². The number of hydrogen-bond acceptors (Lipinski definition) is 6. The molecule has 1 unspecified atom stereocenters. The Morgan fingerprint density at radius 1 is 1.43 bits per heavy atom. The standard InChI is InChI=1S/C12H18N2O5S2/c1-3-19-12(16)9(2)14-10(15)6-7-13-21(17,18)11-5-4-8-20-11/h4-5,8-9,13H,3,6-7H2,1-2H3,(H,14,15). The van der Waals surface area contributed by atoms with Crippen molar-refractivity contribution in [2.45, 2.75) is 30.5 Å². The first-order valence-electron chi connectivity index (χ1n) is 6.36. The van der Waals surface area contributed by atoms with Gasteiger partial charge in [-0.1, -0.05) is 6.07 Å². The molecule has 0 saturated carbocycles. The van der Waals surface area contributed by atoms with E-state index in [0.29, 0.717) is 0 Å². The van der Waals surface area contributed by atoms with E-state index >= 15 is 0 Å². The summed E-state index contributed by atoms with van der Waals surface area (Å²) in [5, 5.41) is 4.09. The zero-order chi connectivity index (χ0) is 15.9. The maximum absolute atomic E-state index is 11.8. The number of esters is 1. The maximum atomic E-state index is 11.8. The lowest BCUT2D eigenvalue weighted by molar-refractivity contribution is -0.146. The van der Waals surface area contributed by atoms with Crippen molar-refractivity contribution in [2.24, 2.45) is 0 Å². The number of hydrogen-bond donors (Lipinski definition) is 2. The molecule has 1 heterocycles. The molecular formula is C12H18N2O5S2. The Bertz CT molecular complexity index is 568. The third kappa shape index (κ3) is 5.82. The summed E-state index contributed by atoms with van der Waals surface area (Å²) < 4.78 is 30.8. The summed E-state index contributed by atoms with van der Waals surface area (Å²) in [4.78, 5) is 22.9. The Hall–Kier alpha value is -1.45. The third-order valence-corrected chi connectivity index (χ3v) is 5.28. The maximum Gasteiger partial charge on any atom is 0.328 e. The highest BCUT2D eigenvalue weighted by Gasteiger charge is 2.18. The minimum atomic E-state index is -3.57. The summed E-state index contributed by atoms with van der Waals surface area (Å²) in [5.41, 5.74) is 0. The van der Waals surface area contributed by atoms with Crippen LogP contribution in [-0.2, 0) is 24.3 Å². The lowest BCUT2D eigenvalue weighted by Crippen LogP contribution is -2.40. The number of rotatable bonds is 8. The van der Waals surface area contributed by atoms with Gasteiger partial charge in [0.2, 0.25) is 15.9 Å². The van der Waals surface area contributed by atoms with Gasteiger partial charge >= 0.3 is 5.97 Å². The molecule has 1 aromatic heterocycles.